The van der Waals surface area contributed by atoms with Gasteiger partial charge in [-0.2, -0.15) is 5.10 Å². The van der Waals surface area contributed by atoms with E-state index in [2.05, 4.69) is 5.10 Å². The summed E-state index contributed by atoms with van der Waals surface area (Å²) in [7, 11) is 1.88. The van der Waals surface area contributed by atoms with Gasteiger partial charge in [0.1, 0.15) is 6.04 Å². The molecule has 4 rings (SSSR count). The molecule has 130 valence electrons. The van der Waals surface area contributed by atoms with Crippen LogP contribution in [0.15, 0.2) is 36.7 Å². The van der Waals surface area contributed by atoms with Crippen LogP contribution in [0, 0.1) is 0 Å². The number of likely N-dealkylation sites (tertiary alicyclic amines) is 1. The third-order valence-electron chi connectivity index (χ3n) is 5.25. The summed E-state index contributed by atoms with van der Waals surface area (Å²) < 4.78 is 1.77. The molecule has 2 atom stereocenters. The third kappa shape index (κ3) is 2.62. The van der Waals surface area contributed by atoms with Gasteiger partial charge in [0.2, 0.25) is 11.8 Å². The van der Waals surface area contributed by atoms with Crippen molar-refractivity contribution < 1.29 is 9.59 Å². The molecule has 1 fully saturated rings. The van der Waals surface area contributed by atoms with E-state index in [-0.39, 0.29) is 17.9 Å². The van der Waals surface area contributed by atoms with Crippen LogP contribution in [-0.4, -0.2) is 39.1 Å². The lowest BCUT2D eigenvalue weighted by Gasteiger charge is -2.31. The Kier molecular flexibility index (Phi) is 3.82. The van der Waals surface area contributed by atoms with Crippen molar-refractivity contribution in [2.75, 3.05) is 11.4 Å². The minimum atomic E-state index is -0.438. The molecule has 2 amide bonds. The molecule has 1 aromatic heterocycles. The van der Waals surface area contributed by atoms with Crippen molar-refractivity contribution in [1.29, 1.82) is 0 Å². The summed E-state index contributed by atoms with van der Waals surface area (Å²) >= 11 is 0. The summed E-state index contributed by atoms with van der Waals surface area (Å²) in [5, 5.41) is 4.24. The number of carbonyl (C=O) groups excluding carboxylic acids is 2. The first kappa shape index (κ1) is 15.9. The highest BCUT2D eigenvalue weighted by Crippen LogP contribution is 2.37. The van der Waals surface area contributed by atoms with Crippen molar-refractivity contribution in [2.24, 2.45) is 7.05 Å². The van der Waals surface area contributed by atoms with Gasteiger partial charge in [-0.3, -0.25) is 19.2 Å². The first-order chi connectivity index (χ1) is 12.1. The number of fused-ring (bicyclic) bond motifs is 1. The third-order valence-corrected chi connectivity index (χ3v) is 5.25. The lowest BCUT2D eigenvalue weighted by Crippen LogP contribution is -2.48. The van der Waals surface area contributed by atoms with Crippen molar-refractivity contribution in [1.82, 2.24) is 14.7 Å². The molecule has 2 aliphatic heterocycles. The number of hydrogen-bond acceptors (Lipinski definition) is 3. The molecule has 1 unspecified atom stereocenters. The molecule has 6 nitrogen and oxygen atoms in total. The van der Waals surface area contributed by atoms with Crippen molar-refractivity contribution in [3.8, 4) is 0 Å². The number of anilines is 1. The largest absolute Gasteiger partial charge is 0.334 e. The zero-order valence-corrected chi connectivity index (χ0v) is 14.6. The fraction of sp³-hybridized carbons (Fsp3) is 0.421. The predicted molar refractivity (Wildman–Crippen MR) is 94.0 cm³/mol. The molecule has 0 saturated carbocycles. The van der Waals surface area contributed by atoms with Gasteiger partial charge in [-0.05, 0) is 24.5 Å². The summed E-state index contributed by atoms with van der Waals surface area (Å²) in [5.74, 6) is -0.0434. The second kappa shape index (κ2) is 6.02. The van der Waals surface area contributed by atoms with Gasteiger partial charge in [-0.25, -0.2) is 0 Å². The van der Waals surface area contributed by atoms with E-state index in [0.717, 1.165) is 36.2 Å². The Hall–Kier alpha value is -2.63. The molecule has 1 aromatic carbocycles. The monoisotopic (exact) mass is 338 g/mol. The lowest BCUT2D eigenvalue weighted by atomic mass is 10.1. The van der Waals surface area contributed by atoms with E-state index < -0.39 is 6.04 Å². The maximum absolute atomic E-state index is 13.3. The van der Waals surface area contributed by atoms with Crippen LogP contribution in [0.4, 0.5) is 5.69 Å². The van der Waals surface area contributed by atoms with Crippen LogP contribution in [0.1, 0.15) is 36.9 Å². The molecule has 0 bridgehead atoms. The first-order valence-electron chi connectivity index (χ1n) is 8.73. The fourth-order valence-electron chi connectivity index (χ4n) is 4.15. The van der Waals surface area contributed by atoms with E-state index in [1.165, 1.54) is 6.92 Å². The van der Waals surface area contributed by atoms with Gasteiger partial charge < -0.3 is 4.90 Å². The van der Waals surface area contributed by atoms with Gasteiger partial charge in [0.15, 0.2) is 0 Å². The second-order valence-electron chi connectivity index (χ2n) is 6.87. The molecule has 2 aromatic rings. The Morgan fingerprint density at radius 1 is 1.24 bits per heavy atom. The van der Waals surface area contributed by atoms with Gasteiger partial charge in [0.25, 0.3) is 0 Å². The smallest absolute Gasteiger partial charge is 0.246 e. The molecule has 0 N–H and O–H groups in total. The topological polar surface area (TPSA) is 58.4 Å². The van der Waals surface area contributed by atoms with E-state index in [9.17, 15) is 9.59 Å². The number of carbonyl (C=O) groups is 2. The van der Waals surface area contributed by atoms with Gasteiger partial charge in [0.05, 0.1) is 12.2 Å². The van der Waals surface area contributed by atoms with Crippen molar-refractivity contribution in [3.05, 3.63) is 47.8 Å². The van der Waals surface area contributed by atoms with Crippen LogP contribution in [-0.2, 0) is 23.1 Å². The molecule has 0 spiro atoms. The molecule has 2 aliphatic rings. The highest BCUT2D eigenvalue weighted by Gasteiger charge is 2.42. The molecule has 25 heavy (non-hydrogen) atoms. The molecule has 6 heteroatoms. The number of aromatic nitrogens is 2. The normalized spacial score (nSPS) is 22.3. The Bertz CT molecular complexity index is 828. The molecule has 0 aliphatic carbocycles. The average molecular weight is 338 g/mol. The van der Waals surface area contributed by atoms with E-state index in [0.29, 0.717) is 6.42 Å². The highest BCUT2D eigenvalue weighted by molar-refractivity contribution is 6.02. The average Bonchev–Trinajstić information content (AvgIpc) is 3.30. The molecule has 1 saturated heterocycles. The fourth-order valence-corrected chi connectivity index (χ4v) is 4.15. The number of para-hydroxylation sites is 1. The quantitative estimate of drug-likeness (QED) is 0.842. The first-order valence-corrected chi connectivity index (χ1v) is 8.73. The Morgan fingerprint density at radius 2 is 2.04 bits per heavy atom. The van der Waals surface area contributed by atoms with Crippen molar-refractivity contribution >= 4 is 17.5 Å². The van der Waals surface area contributed by atoms with E-state index in [4.69, 9.17) is 0 Å². The zero-order chi connectivity index (χ0) is 17.6. The van der Waals surface area contributed by atoms with Crippen LogP contribution in [0.3, 0.4) is 0 Å². The highest BCUT2D eigenvalue weighted by atomic mass is 16.2. The summed E-state index contributed by atoms with van der Waals surface area (Å²) in [6, 6.07) is 7.41. The second-order valence-corrected chi connectivity index (χ2v) is 6.87. The number of aryl methyl sites for hydroxylation is 1. The molecule has 0 radical (unpaired) electrons. The van der Waals surface area contributed by atoms with E-state index >= 15 is 0 Å². The van der Waals surface area contributed by atoms with Crippen LogP contribution in [0.2, 0.25) is 0 Å². The predicted octanol–water partition coefficient (Wildman–Crippen LogP) is 2.06. The van der Waals surface area contributed by atoms with Crippen molar-refractivity contribution in [2.45, 2.75) is 38.3 Å². The molecule has 3 heterocycles. The van der Waals surface area contributed by atoms with E-state index in [1.807, 2.05) is 48.6 Å². The Balaban J connectivity index is 1.63. The Morgan fingerprint density at radius 3 is 2.76 bits per heavy atom. The van der Waals surface area contributed by atoms with Crippen molar-refractivity contribution in [3.63, 3.8) is 0 Å². The van der Waals surface area contributed by atoms with Gasteiger partial charge in [-0.1, -0.05) is 18.2 Å². The van der Waals surface area contributed by atoms with Crippen LogP contribution < -0.4 is 4.90 Å². The SMILES string of the molecule is CC(=O)N1c2ccccc2C[C@H]1C(=O)N1CCCC1c1cnn(C)c1. The number of hydrogen-bond donors (Lipinski definition) is 0. The lowest BCUT2D eigenvalue weighted by molar-refractivity contribution is -0.135. The summed E-state index contributed by atoms with van der Waals surface area (Å²) in [6.45, 7) is 2.27. The Labute approximate surface area is 147 Å². The minimum Gasteiger partial charge on any atom is -0.334 e. The number of rotatable bonds is 2. The van der Waals surface area contributed by atoms with Crippen LogP contribution in [0.25, 0.3) is 0 Å². The minimum absolute atomic E-state index is 0.0396. The summed E-state index contributed by atoms with van der Waals surface area (Å²) in [6.07, 6.45) is 6.32. The molecular weight excluding hydrogens is 316 g/mol. The standard InChI is InChI=1S/C19H22N4O2/c1-13(24)23-17-7-4-3-6-14(17)10-18(23)19(25)22-9-5-8-16(22)15-11-20-21(2)12-15/h3-4,6-7,11-12,16,18H,5,8-10H2,1-2H3/t16?,18-/m0/s1. The summed E-state index contributed by atoms with van der Waals surface area (Å²) in [4.78, 5) is 29.2. The van der Waals surface area contributed by atoms with Gasteiger partial charge >= 0.3 is 0 Å². The van der Waals surface area contributed by atoms with Gasteiger partial charge in [0, 0.05) is 44.4 Å². The van der Waals surface area contributed by atoms with Gasteiger partial charge in [-0.15, -0.1) is 0 Å². The van der Waals surface area contributed by atoms with Crippen LogP contribution >= 0.6 is 0 Å². The number of amides is 2. The maximum Gasteiger partial charge on any atom is 0.246 e. The van der Waals surface area contributed by atoms with Crippen LogP contribution in [0.5, 0.6) is 0 Å². The van der Waals surface area contributed by atoms with E-state index in [1.54, 1.807) is 9.58 Å². The number of nitrogens with zero attached hydrogens (tertiary/aromatic N) is 4. The molecular formula is C19H22N4O2. The zero-order valence-electron chi connectivity index (χ0n) is 14.6. The number of benzene rings is 1. The summed E-state index contributed by atoms with van der Waals surface area (Å²) in [5.41, 5.74) is 3.00. The maximum atomic E-state index is 13.3.